The number of nitrogens with one attached hydrogen (secondary N) is 2. The van der Waals surface area contributed by atoms with Crippen LogP contribution in [0.3, 0.4) is 0 Å². The third-order valence-electron chi connectivity index (χ3n) is 5.56. The number of carbonyl (C=O) groups excluding carboxylic acids is 1. The number of hydrogen-bond donors (Lipinski definition) is 2. The number of likely N-dealkylation sites (N-methyl/N-ethyl adjacent to an activating group) is 1. The van der Waals surface area contributed by atoms with Crippen molar-refractivity contribution in [1.29, 1.82) is 0 Å². The zero-order valence-electron chi connectivity index (χ0n) is 15.3. The molecule has 2 saturated carbocycles. The third kappa shape index (κ3) is 2.93. The lowest BCUT2D eigenvalue weighted by Gasteiger charge is -2.13. The molecule has 2 N–H and O–H groups in total. The van der Waals surface area contributed by atoms with Crippen LogP contribution in [-0.4, -0.2) is 32.3 Å². The zero-order valence-corrected chi connectivity index (χ0v) is 15.3. The molecule has 0 atom stereocenters. The summed E-state index contributed by atoms with van der Waals surface area (Å²) in [4.78, 5) is 25.7. The highest BCUT2D eigenvalue weighted by molar-refractivity contribution is 5.90. The number of hydrogen-bond acceptors (Lipinski definition) is 5. The van der Waals surface area contributed by atoms with Gasteiger partial charge in [0.2, 0.25) is 11.9 Å². The van der Waals surface area contributed by atoms with Gasteiger partial charge >= 0.3 is 0 Å². The Morgan fingerprint density at radius 1 is 1.22 bits per heavy atom. The normalized spacial score (nSPS) is 17.7. The van der Waals surface area contributed by atoms with Gasteiger partial charge in [-0.1, -0.05) is 6.07 Å². The first-order valence-corrected chi connectivity index (χ1v) is 9.45. The minimum absolute atomic E-state index is 0.0268. The van der Waals surface area contributed by atoms with E-state index in [1.165, 1.54) is 18.4 Å². The number of carbonyl (C=O) groups is 1. The highest BCUT2D eigenvalue weighted by atomic mass is 16.2. The summed E-state index contributed by atoms with van der Waals surface area (Å²) in [5, 5.41) is 5.98. The predicted octanol–water partition coefficient (Wildman–Crippen LogP) is 2.39. The van der Waals surface area contributed by atoms with E-state index in [4.69, 9.17) is 0 Å². The molecule has 2 fully saturated rings. The molecule has 7 heteroatoms. The molecule has 7 nitrogen and oxygen atoms in total. The molecule has 0 bridgehead atoms. The van der Waals surface area contributed by atoms with Gasteiger partial charge in [0.1, 0.15) is 5.65 Å². The average Bonchev–Trinajstić information content (AvgIpc) is 3.62. The number of aromatic nitrogens is 4. The van der Waals surface area contributed by atoms with Crippen molar-refractivity contribution in [1.82, 2.24) is 24.7 Å². The molecule has 2 aliphatic rings. The van der Waals surface area contributed by atoms with Crippen LogP contribution >= 0.6 is 0 Å². The zero-order chi connectivity index (χ0) is 18.4. The number of anilines is 1. The van der Waals surface area contributed by atoms with E-state index in [0.29, 0.717) is 12.5 Å². The molecule has 0 aliphatic heterocycles. The molecule has 0 radical (unpaired) electrons. The Morgan fingerprint density at radius 2 is 2.07 bits per heavy atom. The Balaban J connectivity index is 1.32. The number of amides is 1. The van der Waals surface area contributed by atoms with Crippen LogP contribution in [0.2, 0.25) is 0 Å². The first-order chi connectivity index (χ1) is 13.2. The van der Waals surface area contributed by atoms with Crippen molar-refractivity contribution in [3.05, 3.63) is 53.7 Å². The fourth-order valence-electron chi connectivity index (χ4n) is 3.65. The van der Waals surface area contributed by atoms with Crippen LogP contribution < -0.4 is 10.6 Å². The second kappa shape index (κ2) is 6.04. The molecule has 0 spiro atoms. The number of fused-ring (bicyclic) bond motifs is 1. The van der Waals surface area contributed by atoms with Gasteiger partial charge in [-0.05, 0) is 49.3 Å². The summed E-state index contributed by atoms with van der Waals surface area (Å²) >= 11 is 0. The lowest BCUT2D eigenvalue weighted by Crippen LogP contribution is -2.32. The van der Waals surface area contributed by atoms with Gasteiger partial charge in [-0.15, -0.1) is 0 Å². The van der Waals surface area contributed by atoms with Gasteiger partial charge in [-0.2, -0.15) is 0 Å². The van der Waals surface area contributed by atoms with Crippen molar-refractivity contribution in [3.63, 3.8) is 0 Å². The van der Waals surface area contributed by atoms with Crippen molar-refractivity contribution >= 4 is 17.5 Å². The Kier molecular flexibility index (Phi) is 3.63. The van der Waals surface area contributed by atoms with Crippen LogP contribution in [0, 0.1) is 0 Å². The second-order valence-corrected chi connectivity index (χ2v) is 7.51. The summed E-state index contributed by atoms with van der Waals surface area (Å²) in [7, 11) is 1.67. The lowest BCUT2D eigenvalue weighted by molar-refractivity contribution is -0.123. The summed E-state index contributed by atoms with van der Waals surface area (Å²) < 4.78 is 2.09. The minimum Gasteiger partial charge on any atom is -0.358 e. The van der Waals surface area contributed by atoms with Crippen molar-refractivity contribution in [2.75, 3.05) is 12.4 Å². The lowest BCUT2D eigenvalue weighted by atomic mass is 10.0. The van der Waals surface area contributed by atoms with Crippen LogP contribution in [0.25, 0.3) is 5.65 Å². The van der Waals surface area contributed by atoms with E-state index in [9.17, 15) is 4.79 Å². The fraction of sp³-hybridized carbons (Fsp3) is 0.400. The fourth-order valence-corrected chi connectivity index (χ4v) is 3.65. The number of pyridine rings is 1. The van der Waals surface area contributed by atoms with Gasteiger partial charge in [0.25, 0.3) is 0 Å². The Hall–Kier alpha value is -2.96. The van der Waals surface area contributed by atoms with E-state index in [2.05, 4.69) is 48.3 Å². The van der Waals surface area contributed by atoms with Crippen LogP contribution in [-0.2, 0) is 16.8 Å². The smallest absolute Gasteiger partial charge is 0.232 e. The maximum absolute atomic E-state index is 12.2. The topological polar surface area (TPSA) is 84.2 Å². The van der Waals surface area contributed by atoms with E-state index in [0.717, 1.165) is 35.8 Å². The molecule has 0 saturated heterocycles. The molecule has 0 aromatic carbocycles. The van der Waals surface area contributed by atoms with E-state index in [1.54, 1.807) is 13.2 Å². The van der Waals surface area contributed by atoms with Crippen molar-refractivity contribution < 1.29 is 4.79 Å². The molecule has 3 aromatic rings. The van der Waals surface area contributed by atoms with Gasteiger partial charge in [0, 0.05) is 25.6 Å². The Bertz CT molecular complexity index is 1020. The SMILES string of the molecule is CNC(=O)C1(c2ccnc(NCc3cn4cc(C5CC5)ccc4n3)n2)CC1. The van der Waals surface area contributed by atoms with Crippen LogP contribution in [0.1, 0.15) is 48.6 Å². The first kappa shape index (κ1) is 16.2. The Labute approximate surface area is 157 Å². The average molecular weight is 362 g/mol. The van der Waals surface area contributed by atoms with E-state index < -0.39 is 5.41 Å². The third-order valence-corrected chi connectivity index (χ3v) is 5.56. The predicted molar refractivity (Wildman–Crippen MR) is 102 cm³/mol. The van der Waals surface area contributed by atoms with Gasteiger partial charge in [-0.25, -0.2) is 15.0 Å². The highest BCUT2D eigenvalue weighted by Crippen LogP contribution is 2.47. The van der Waals surface area contributed by atoms with Crippen molar-refractivity contribution in [2.45, 2.75) is 43.6 Å². The van der Waals surface area contributed by atoms with Gasteiger partial charge in [-0.3, -0.25) is 4.79 Å². The van der Waals surface area contributed by atoms with E-state index >= 15 is 0 Å². The standard InChI is InChI=1S/C20H22N6O/c1-21-18(27)20(7-8-20)16-6-9-22-19(25-16)23-10-15-12-26-11-14(13-2-3-13)4-5-17(26)24-15/h4-6,9,11-13H,2-3,7-8,10H2,1H3,(H,21,27)(H,22,23,25). The minimum atomic E-state index is -0.476. The molecule has 0 unspecified atom stereocenters. The summed E-state index contributed by atoms with van der Waals surface area (Å²) in [6.07, 6.45) is 10.2. The molecule has 1 amide bonds. The number of nitrogens with zero attached hydrogens (tertiary/aromatic N) is 4. The highest BCUT2D eigenvalue weighted by Gasteiger charge is 2.52. The molecule has 3 aromatic heterocycles. The summed E-state index contributed by atoms with van der Waals surface area (Å²) in [5.41, 5.74) is 3.57. The van der Waals surface area contributed by atoms with E-state index in [-0.39, 0.29) is 5.91 Å². The number of rotatable bonds is 6. The molecule has 3 heterocycles. The van der Waals surface area contributed by atoms with Crippen molar-refractivity contribution in [2.24, 2.45) is 0 Å². The summed E-state index contributed by atoms with van der Waals surface area (Å²) in [5.74, 6) is 1.28. The van der Waals surface area contributed by atoms with E-state index in [1.807, 2.05) is 12.3 Å². The van der Waals surface area contributed by atoms with Crippen LogP contribution in [0.15, 0.2) is 36.8 Å². The quantitative estimate of drug-likeness (QED) is 0.703. The van der Waals surface area contributed by atoms with Crippen molar-refractivity contribution in [3.8, 4) is 0 Å². The van der Waals surface area contributed by atoms with Gasteiger partial charge in [0.15, 0.2) is 0 Å². The van der Waals surface area contributed by atoms with Gasteiger partial charge in [0.05, 0.1) is 23.3 Å². The molecule has 5 rings (SSSR count). The summed E-state index contributed by atoms with van der Waals surface area (Å²) in [6, 6.07) is 6.09. The largest absolute Gasteiger partial charge is 0.358 e. The maximum Gasteiger partial charge on any atom is 0.232 e. The molecule has 138 valence electrons. The Morgan fingerprint density at radius 3 is 2.81 bits per heavy atom. The monoisotopic (exact) mass is 362 g/mol. The first-order valence-electron chi connectivity index (χ1n) is 9.45. The second-order valence-electron chi connectivity index (χ2n) is 7.51. The number of imidazole rings is 1. The van der Waals surface area contributed by atoms with Crippen LogP contribution in [0.5, 0.6) is 0 Å². The van der Waals surface area contributed by atoms with Gasteiger partial charge < -0.3 is 15.0 Å². The molecule has 27 heavy (non-hydrogen) atoms. The molecular weight excluding hydrogens is 340 g/mol. The van der Waals surface area contributed by atoms with Crippen LogP contribution in [0.4, 0.5) is 5.95 Å². The molecule has 2 aliphatic carbocycles. The maximum atomic E-state index is 12.2. The molecular formula is C20H22N6O. The summed E-state index contributed by atoms with van der Waals surface area (Å²) in [6.45, 7) is 0.539.